The lowest BCUT2D eigenvalue weighted by atomic mass is 9.92. The third-order valence-corrected chi connectivity index (χ3v) is 6.16. The van der Waals surface area contributed by atoms with Crippen molar-refractivity contribution in [3.05, 3.63) is 17.5 Å². The summed E-state index contributed by atoms with van der Waals surface area (Å²) in [4.78, 5) is 28.9. The fourth-order valence-electron chi connectivity index (χ4n) is 4.56. The van der Waals surface area contributed by atoms with Gasteiger partial charge in [0.25, 0.3) is 5.91 Å². The maximum Gasteiger partial charge on any atom is 0.271 e. The molecule has 2 aliphatic heterocycles. The Morgan fingerprint density at radius 3 is 2.48 bits per heavy atom. The number of carbonyl (C=O) groups excluding carboxylic acids is 2. The summed E-state index contributed by atoms with van der Waals surface area (Å²) in [6.45, 7) is 3.26. The topological polar surface area (TPSA) is 58.4 Å². The highest BCUT2D eigenvalue weighted by Gasteiger charge is 2.32. The van der Waals surface area contributed by atoms with Crippen molar-refractivity contribution in [3.8, 4) is 0 Å². The highest BCUT2D eigenvalue weighted by Crippen LogP contribution is 2.32. The maximum atomic E-state index is 12.6. The van der Waals surface area contributed by atoms with Crippen molar-refractivity contribution < 1.29 is 9.59 Å². The molecule has 1 aliphatic carbocycles. The standard InChI is InChI=1S/C19H28N4O2/c1-21-9-4-10-23-17(19(21)25)13-16(20-23)14-7-11-22(12-8-14)18(24)15-5-2-3-6-15/h13-15H,2-12H2,1H3. The molecule has 2 amide bonds. The molecule has 0 bridgehead atoms. The van der Waals surface area contributed by atoms with Gasteiger partial charge < -0.3 is 9.80 Å². The number of rotatable bonds is 2. The number of aryl methyl sites for hydroxylation is 1. The molecule has 1 saturated heterocycles. The van der Waals surface area contributed by atoms with E-state index in [1.165, 1.54) is 12.8 Å². The molecule has 0 spiro atoms. The molecule has 1 aromatic heterocycles. The summed E-state index contributed by atoms with van der Waals surface area (Å²) in [6.07, 6.45) is 7.41. The SMILES string of the molecule is CN1CCCn2nc(C3CCN(C(=O)C4CCCC4)CC3)cc2C1=O. The quantitative estimate of drug-likeness (QED) is 0.827. The first-order valence-corrected chi connectivity index (χ1v) is 9.75. The molecule has 25 heavy (non-hydrogen) atoms. The Morgan fingerprint density at radius 2 is 1.76 bits per heavy atom. The molecule has 0 atom stereocenters. The lowest BCUT2D eigenvalue weighted by Crippen LogP contribution is -2.40. The Balaban J connectivity index is 1.41. The largest absolute Gasteiger partial charge is 0.342 e. The average molecular weight is 344 g/mol. The molecule has 3 aliphatic rings. The second kappa shape index (κ2) is 6.81. The van der Waals surface area contributed by atoms with Crippen LogP contribution in [0.25, 0.3) is 0 Å². The number of piperidine rings is 1. The van der Waals surface area contributed by atoms with Crippen molar-refractivity contribution in [2.45, 2.75) is 57.4 Å². The van der Waals surface area contributed by atoms with Crippen LogP contribution in [0.15, 0.2) is 6.07 Å². The summed E-state index contributed by atoms with van der Waals surface area (Å²) >= 11 is 0. The van der Waals surface area contributed by atoms with E-state index in [9.17, 15) is 9.59 Å². The zero-order valence-electron chi connectivity index (χ0n) is 15.1. The number of carbonyl (C=O) groups is 2. The van der Waals surface area contributed by atoms with E-state index in [4.69, 9.17) is 5.10 Å². The van der Waals surface area contributed by atoms with Crippen molar-refractivity contribution >= 4 is 11.8 Å². The summed E-state index contributed by atoms with van der Waals surface area (Å²) < 4.78 is 1.89. The van der Waals surface area contributed by atoms with E-state index in [0.717, 1.165) is 69.7 Å². The summed E-state index contributed by atoms with van der Waals surface area (Å²) in [5, 5.41) is 4.73. The third-order valence-electron chi connectivity index (χ3n) is 6.16. The minimum atomic E-state index is 0.0742. The van der Waals surface area contributed by atoms with E-state index in [2.05, 4.69) is 4.90 Å². The lowest BCUT2D eigenvalue weighted by molar-refractivity contribution is -0.136. The number of likely N-dealkylation sites (tertiary alicyclic amines) is 1. The third kappa shape index (κ3) is 3.18. The first-order chi connectivity index (χ1) is 12.1. The molecule has 2 fully saturated rings. The number of aromatic nitrogens is 2. The van der Waals surface area contributed by atoms with Crippen molar-refractivity contribution in [1.29, 1.82) is 0 Å². The van der Waals surface area contributed by atoms with E-state index in [-0.39, 0.29) is 11.8 Å². The monoisotopic (exact) mass is 344 g/mol. The van der Waals surface area contributed by atoms with Gasteiger partial charge in [-0.2, -0.15) is 5.10 Å². The summed E-state index contributed by atoms with van der Waals surface area (Å²) in [6, 6.07) is 1.99. The zero-order chi connectivity index (χ0) is 17.4. The number of nitrogens with zero attached hydrogens (tertiary/aromatic N) is 4. The molecule has 0 radical (unpaired) electrons. The number of amides is 2. The van der Waals surface area contributed by atoms with Crippen molar-refractivity contribution in [2.75, 3.05) is 26.7 Å². The Labute approximate surface area is 149 Å². The van der Waals surface area contributed by atoms with Gasteiger partial charge in [-0.3, -0.25) is 14.3 Å². The second-order valence-corrected chi connectivity index (χ2v) is 7.84. The van der Waals surface area contributed by atoms with E-state index in [1.54, 1.807) is 4.90 Å². The van der Waals surface area contributed by atoms with Crippen LogP contribution in [0.4, 0.5) is 0 Å². The number of hydrogen-bond donors (Lipinski definition) is 0. The van der Waals surface area contributed by atoms with Gasteiger partial charge in [-0.05, 0) is 38.2 Å². The molecule has 1 aromatic rings. The predicted molar refractivity (Wildman–Crippen MR) is 94.3 cm³/mol. The van der Waals surface area contributed by atoms with Crippen LogP contribution in [0.5, 0.6) is 0 Å². The van der Waals surface area contributed by atoms with Crippen LogP contribution in [0, 0.1) is 5.92 Å². The molecule has 3 heterocycles. The summed E-state index contributed by atoms with van der Waals surface area (Å²) in [5.41, 5.74) is 1.76. The fraction of sp³-hybridized carbons (Fsp3) is 0.737. The van der Waals surface area contributed by atoms with Crippen LogP contribution in [0.3, 0.4) is 0 Å². The van der Waals surface area contributed by atoms with Gasteiger partial charge in [0.2, 0.25) is 5.91 Å². The lowest BCUT2D eigenvalue weighted by Gasteiger charge is -2.33. The Kier molecular flexibility index (Phi) is 4.52. The van der Waals surface area contributed by atoms with Gasteiger partial charge in [-0.1, -0.05) is 12.8 Å². The van der Waals surface area contributed by atoms with Crippen LogP contribution >= 0.6 is 0 Å². The van der Waals surface area contributed by atoms with Gasteiger partial charge in [0, 0.05) is 45.1 Å². The van der Waals surface area contributed by atoms with E-state index < -0.39 is 0 Å². The maximum absolute atomic E-state index is 12.6. The van der Waals surface area contributed by atoms with Crippen LogP contribution in [0.1, 0.15) is 67.0 Å². The van der Waals surface area contributed by atoms with Crippen molar-refractivity contribution in [1.82, 2.24) is 19.6 Å². The van der Waals surface area contributed by atoms with Gasteiger partial charge in [-0.15, -0.1) is 0 Å². The summed E-state index contributed by atoms with van der Waals surface area (Å²) in [5.74, 6) is 1.08. The number of fused-ring (bicyclic) bond motifs is 1. The smallest absolute Gasteiger partial charge is 0.271 e. The van der Waals surface area contributed by atoms with Crippen LogP contribution in [-0.4, -0.2) is 58.1 Å². The molecule has 0 aromatic carbocycles. The van der Waals surface area contributed by atoms with Crippen LogP contribution in [0.2, 0.25) is 0 Å². The van der Waals surface area contributed by atoms with Crippen LogP contribution < -0.4 is 0 Å². The minimum Gasteiger partial charge on any atom is -0.342 e. The molecule has 0 N–H and O–H groups in total. The molecule has 1 saturated carbocycles. The minimum absolute atomic E-state index is 0.0742. The molecule has 0 unspecified atom stereocenters. The van der Waals surface area contributed by atoms with E-state index in [1.807, 2.05) is 17.8 Å². The molecular weight excluding hydrogens is 316 g/mol. The summed E-state index contributed by atoms with van der Waals surface area (Å²) in [7, 11) is 1.86. The highest BCUT2D eigenvalue weighted by atomic mass is 16.2. The predicted octanol–water partition coefficient (Wildman–Crippen LogP) is 2.25. The van der Waals surface area contributed by atoms with Gasteiger partial charge in [-0.25, -0.2) is 0 Å². The molecule has 6 nitrogen and oxygen atoms in total. The van der Waals surface area contributed by atoms with Gasteiger partial charge >= 0.3 is 0 Å². The Bertz CT molecular complexity index is 654. The highest BCUT2D eigenvalue weighted by molar-refractivity contribution is 5.92. The normalized spacial score (nSPS) is 23.0. The van der Waals surface area contributed by atoms with Gasteiger partial charge in [0.15, 0.2) is 0 Å². The second-order valence-electron chi connectivity index (χ2n) is 7.84. The first kappa shape index (κ1) is 16.6. The van der Waals surface area contributed by atoms with Crippen molar-refractivity contribution in [2.24, 2.45) is 5.92 Å². The Morgan fingerprint density at radius 1 is 1.04 bits per heavy atom. The molecule has 4 rings (SSSR count). The average Bonchev–Trinajstić information content (AvgIpc) is 3.28. The van der Waals surface area contributed by atoms with Gasteiger partial charge in [0.1, 0.15) is 5.69 Å². The first-order valence-electron chi connectivity index (χ1n) is 9.75. The van der Waals surface area contributed by atoms with E-state index >= 15 is 0 Å². The zero-order valence-corrected chi connectivity index (χ0v) is 15.1. The Hall–Kier alpha value is -1.85. The molecule has 6 heteroatoms. The van der Waals surface area contributed by atoms with E-state index in [0.29, 0.717) is 11.8 Å². The van der Waals surface area contributed by atoms with Gasteiger partial charge in [0.05, 0.1) is 5.69 Å². The number of hydrogen-bond acceptors (Lipinski definition) is 3. The molecule has 136 valence electrons. The van der Waals surface area contributed by atoms with Crippen LogP contribution in [-0.2, 0) is 11.3 Å². The van der Waals surface area contributed by atoms with Crippen molar-refractivity contribution in [3.63, 3.8) is 0 Å². The molecular formula is C19H28N4O2. The fourth-order valence-corrected chi connectivity index (χ4v) is 4.56.